The van der Waals surface area contributed by atoms with Crippen LogP contribution in [0.3, 0.4) is 0 Å². The number of para-hydroxylation sites is 2. The van der Waals surface area contributed by atoms with Crippen molar-refractivity contribution in [2.75, 3.05) is 0 Å². The zero-order chi connectivity index (χ0) is 36.3. The Hall–Kier alpha value is -7.03. The van der Waals surface area contributed by atoms with E-state index in [2.05, 4.69) is 199 Å². The lowest BCUT2D eigenvalue weighted by Crippen LogP contribution is -2.01. The predicted octanol–water partition coefficient (Wildman–Crippen LogP) is 14.5. The van der Waals surface area contributed by atoms with Crippen LogP contribution in [0.4, 0.5) is 0 Å². The summed E-state index contributed by atoms with van der Waals surface area (Å²) >= 11 is 0. The number of fused-ring (bicyclic) bond motifs is 5. The van der Waals surface area contributed by atoms with Gasteiger partial charge >= 0.3 is 0 Å². The van der Waals surface area contributed by atoms with E-state index >= 15 is 0 Å². The zero-order valence-electron chi connectivity index (χ0n) is 30.3. The number of benzene rings is 9. The van der Waals surface area contributed by atoms with E-state index < -0.39 is 0 Å². The van der Waals surface area contributed by atoms with Crippen molar-refractivity contribution in [1.29, 1.82) is 0 Å². The van der Waals surface area contributed by atoms with Gasteiger partial charge in [-0.2, -0.15) is 0 Å². The summed E-state index contributed by atoms with van der Waals surface area (Å²) in [5, 5.41) is 10.0. The van der Waals surface area contributed by atoms with Gasteiger partial charge in [0.1, 0.15) is 5.82 Å². The molecule has 9 aromatic carbocycles. The number of imidazole rings is 1. The van der Waals surface area contributed by atoms with E-state index in [1.165, 1.54) is 82.2 Å². The van der Waals surface area contributed by atoms with Gasteiger partial charge in [0, 0.05) is 11.3 Å². The Morgan fingerprint density at radius 1 is 0.418 bits per heavy atom. The highest BCUT2D eigenvalue weighted by atomic mass is 15.1. The van der Waals surface area contributed by atoms with Crippen LogP contribution in [0.5, 0.6) is 0 Å². The van der Waals surface area contributed by atoms with Crippen LogP contribution in [0.25, 0.3) is 105 Å². The number of aromatic nitrogens is 2. The third-order valence-electron chi connectivity index (χ3n) is 11.4. The molecule has 2 heteroatoms. The maximum atomic E-state index is 5.15. The molecule has 0 N–H and O–H groups in total. The highest BCUT2D eigenvalue weighted by molar-refractivity contribution is 6.22. The summed E-state index contributed by atoms with van der Waals surface area (Å²) in [6.45, 7) is 0. The van der Waals surface area contributed by atoms with Gasteiger partial charge in [-0.1, -0.05) is 158 Å². The molecule has 1 aromatic heterocycles. The van der Waals surface area contributed by atoms with Crippen LogP contribution >= 0.6 is 0 Å². The number of allylic oxidation sites excluding steroid dienone is 4. The molecule has 2 nitrogen and oxygen atoms in total. The van der Waals surface area contributed by atoms with E-state index in [0.29, 0.717) is 0 Å². The quantitative estimate of drug-likeness (QED) is 0.163. The Morgan fingerprint density at radius 3 is 1.64 bits per heavy atom. The van der Waals surface area contributed by atoms with Crippen LogP contribution in [0.2, 0.25) is 0 Å². The fourth-order valence-electron chi connectivity index (χ4n) is 8.77. The Kier molecular flexibility index (Phi) is 7.34. The monoisotopic (exact) mass is 700 g/mol. The van der Waals surface area contributed by atoms with Crippen molar-refractivity contribution in [3.8, 4) is 44.8 Å². The second-order valence-corrected chi connectivity index (χ2v) is 14.6. The highest BCUT2D eigenvalue weighted by Gasteiger charge is 2.20. The lowest BCUT2D eigenvalue weighted by Gasteiger charge is -2.19. The molecule has 1 aliphatic carbocycles. The van der Waals surface area contributed by atoms with E-state index in [-0.39, 0.29) is 0 Å². The van der Waals surface area contributed by atoms with E-state index in [1.54, 1.807) is 0 Å². The molecule has 258 valence electrons. The molecule has 0 saturated carbocycles. The molecule has 0 unspecified atom stereocenters. The van der Waals surface area contributed by atoms with Crippen molar-refractivity contribution in [2.45, 2.75) is 12.8 Å². The van der Waals surface area contributed by atoms with Crippen LogP contribution in [0, 0.1) is 0 Å². The van der Waals surface area contributed by atoms with Gasteiger partial charge in [0.25, 0.3) is 0 Å². The van der Waals surface area contributed by atoms with Crippen molar-refractivity contribution < 1.29 is 0 Å². The molecule has 0 atom stereocenters. The van der Waals surface area contributed by atoms with Gasteiger partial charge in [0.15, 0.2) is 0 Å². The van der Waals surface area contributed by atoms with Gasteiger partial charge < -0.3 is 0 Å². The first kappa shape index (κ1) is 31.5. The third kappa shape index (κ3) is 5.29. The maximum absolute atomic E-state index is 5.15. The third-order valence-corrected chi connectivity index (χ3v) is 11.4. The normalized spacial score (nSPS) is 13.0. The molecule has 11 rings (SSSR count). The van der Waals surface area contributed by atoms with Gasteiger partial charge in [0.2, 0.25) is 0 Å². The number of rotatable bonds is 5. The van der Waals surface area contributed by atoms with Crippen LogP contribution in [-0.2, 0) is 0 Å². The van der Waals surface area contributed by atoms with Crippen molar-refractivity contribution in [3.05, 3.63) is 194 Å². The van der Waals surface area contributed by atoms with Crippen molar-refractivity contribution in [1.82, 2.24) is 9.55 Å². The lowest BCUT2D eigenvalue weighted by molar-refractivity contribution is 0.960. The van der Waals surface area contributed by atoms with E-state index in [0.717, 1.165) is 35.3 Å². The Morgan fingerprint density at radius 2 is 0.964 bits per heavy atom. The molecule has 1 heterocycles. The summed E-state index contributed by atoms with van der Waals surface area (Å²) in [6, 6.07) is 64.6. The van der Waals surface area contributed by atoms with Crippen LogP contribution in [-0.4, -0.2) is 9.55 Å². The lowest BCUT2D eigenvalue weighted by atomic mass is 9.84. The molecule has 0 aliphatic heterocycles. The maximum Gasteiger partial charge on any atom is 0.145 e. The first-order valence-corrected chi connectivity index (χ1v) is 19.2. The Labute approximate surface area is 320 Å². The first-order valence-electron chi connectivity index (χ1n) is 19.2. The molecule has 0 amide bonds. The molecule has 1 aliphatic rings. The van der Waals surface area contributed by atoms with Gasteiger partial charge in [-0.05, 0) is 126 Å². The molecular weight excluding hydrogens is 665 g/mol. The fourth-order valence-corrected chi connectivity index (χ4v) is 8.77. The average molecular weight is 701 g/mol. The van der Waals surface area contributed by atoms with Crippen LogP contribution in [0.15, 0.2) is 194 Å². The summed E-state index contributed by atoms with van der Waals surface area (Å²) in [7, 11) is 0. The molecule has 0 fully saturated rings. The minimum Gasteiger partial charge on any atom is -0.296 e. The van der Waals surface area contributed by atoms with Crippen molar-refractivity contribution in [2.24, 2.45) is 0 Å². The Balaban J connectivity index is 1.12. The van der Waals surface area contributed by atoms with Gasteiger partial charge in [-0.3, -0.25) is 4.57 Å². The smallest absolute Gasteiger partial charge is 0.145 e. The number of hydrogen-bond acceptors (Lipinski definition) is 1. The second kappa shape index (κ2) is 12.8. The molecule has 55 heavy (non-hydrogen) atoms. The van der Waals surface area contributed by atoms with E-state index in [4.69, 9.17) is 4.98 Å². The molecule has 10 aromatic rings. The largest absolute Gasteiger partial charge is 0.296 e. The zero-order valence-corrected chi connectivity index (χ0v) is 30.3. The Bertz CT molecular complexity index is 3190. The van der Waals surface area contributed by atoms with Gasteiger partial charge in [-0.15, -0.1) is 0 Å². The predicted molar refractivity (Wildman–Crippen MR) is 234 cm³/mol. The van der Waals surface area contributed by atoms with Crippen LogP contribution < -0.4 is 0 Å². The summed E-state index contributed by atoms with van der Waals surface area (Å²) in [4.78, 5) is 5.15. The number of hydrogen-bond donors (Lipinski definition) is 0. The minimum absolute atomic E-state index is 0.984. The fraction of sp³-hybridized carbons (Fsp3) is 0.0377. The molecule has 0 spiro atoms. The van der Waals surface area contributed by atoms with Gasteiger partial charge in [0.05, 0.1) is 11.0 Å². The summed E-state index contributed by atoms with van der Waals surface area (Å²) < 4.78 is 2.35. The summed E-state index contributed by atoms with van der Waals surface area (Å²) in [5.74, 6) is 0.984. The van der Waals surface area contributed by atoms with E-state index in [9.17, 15) is 0 Å². The molecular formula is C53H36N2. The first-order chi connectivity index (χ1) is 27.3. The van der Waals surface area contributed by atoms with Crippen molar-refractivity contribution in [3.63, 3.8) is 0 Å². The second-order valence-electron chi connectivity index (χ2n) is 14.6. The average Bonchev–Trinajstić information content (AvgIpc) is 3.65. The molecule has 0 saturated heterocycles. The number of nitrogens with zero attached hydrogens (tertiary/aromatic N) is 2. The van der Waals surface area contributed by atoms with Crippen molar-refractivity contribution >= 4 is 59.8 Å². The summed E-state index contributed by atoms with van der Waals surface area (Å²) in [6.07, 6.45) is 8.67. The van der Waals surface area contributed by atoms with Crippen LogP contribution in [0.1, 0.15) is 12.8 Å². The molecule has 0 bridgehead atoms. The minimum atomic E-state index is 0.984. The molecule has 0 radical (unpaired) electrons. The topological polar surface area (TPSA) is 17.8 Å². The van der Waals surface area contributed by atoms with E-state index in [1.807, 2.05) is 0 Å². The van der Waals surface area contributed by atoms with Gasteiger partial charge in [-0.25, -0.2) is 4.98 Å². The standard InChI is InChI=1S/C53H36N2/c1-2-16-44(17-3-1)55-50-21-11-10-20-49(50)54-53(55)38-26-22-37(23-27-38)41-30-31-47-48(34-41)52(43-29-25-36-13-5-7-15-40(36)33-43)46-19-9-8-18-45(46)51(47)42-28-24-35-12-4-6-14-39(35)32-42/h1-2,4-16,18-34H,3,17H2. The summed E-state index contributed by atoms with van der Waals surface area (Å²) in [5.41, 5.74) is 11.9. The SMILES string of the molecule is C1=CCCC(n2c(-c3ccc(-c4ccc5c(-c6ccc7ccccc7c6)c6ccccc6c(-c6ccc7ccccc7c6)c5c4)cc3)nc3ccccc32)=C1. The highest BCUT2D eigenvalue weighted by Crippen LogP contribution is 2.46.